The van der Waals surface area contributed by atoms with Crippen LogP contribution < -0.4 is 0 Å². The summed E-state index contributed by atoms with van der Waals surface area (Å²) in [6.45, 7) is 28.5. The minimum Gasteiger partial charge on any atom is -0.0776 e. The molecule has 26 rings (SSSR count). The van der Waals surface area contributed by atoms with Gasteiger partial charge in [0.1, 0.15) is 0 Å². The van der Waals surface area contributed by atoms with Crippen LogP contribution in [0.25, 0.3) is 0 Å². The van der Waals surface area contributed by atoms with Crippen LogP contribution in [-0.4, -0.2) is 0 Å². The van der Waals surface area contributed by atoms with Gasteiger partial charge in [-0.05, 0) is 367 Å². The quantitative estimate of drug-likeness (QED) is 0.227. The maximum Gasteiger partial charge on any atom is -0.0268 e. The minimum absolute atomic E-state index is 0. The van der Waals surface area contributed by atoms with Crippen molar-refractivity contribution in [3.05, 3.63) is 0 Å². The highest BCUT2D eigenvalue weighted by molar-refractivity contribution is 5.12. The van der Waals surface area contributed by atoms with E-state index < -0.39 is 0 Å². The van der Waals surface area contributed by atoms with Crippen LogP contribution in [0.3, 0.4) is 0 Å². The van der Waals surface area contributed by atoms with Crippen LogP contribution in [0.1, 0.15) is 358 Å². The first-order valence-electron chi connectivity index (χ1n) is 34.3. The maximum atomic E-state index is 2.40. The molecule has 26 aliphatic rings. The molecule has 0 radical (unpaired) electrons. The Bertz CT molecular complexity index is 1630. The van der Waals surface area contributed by atoms with Gasteiger partial charge in [0, 0.05) is 0 Å². The van der Waals surface area contributed by atoms with Gasteiger partial charge in [0.25, 0.3) is 0 Å². The predicted octanol–water partition coefficient (Wildman–Crippen LogP) is 28.3. The van der Waals surface area contributed by atoms with Gasteiger partial charge in [0.05, 0.1) is 0 Å². The van der Waals surface area contributed by atoms with Crippen LogP contribution in [0.4, 0.5) is 0 Å². The molecular weight excluding hydrogens is 1010 g/mol. The average molecular weight is 1180 g/mol. The van der Waals surface area contributed by atoms with Gasteiger partial charge in [-0.1, -0.05) is 172 Å². The molecule has 0 aromatic carbocycles. The molecule has 2 spiro atoms. The van der Waals surface area contributed by atoms with Gasteiger partial charge in [0.15, 0.2) is 0 Å². The first-order valence-corrected chi connectivity index (χ1v) is 34.3. The molecule has 24 atom stereocenters. The fourth-order valence-electron chi connectivity index (χ4n) is 19.6. The lowest BCUT2D eigenvalue weighted by Crippen LogP contribution is -2.48. The van der Waals surface area contributed by atoms with Gasteiger partial charge in [-0.25, -0.2) is 0 Å². The third-order valence-electron chi connectivity index (χ3n) is 29.9. The van der Waals surface area contributed by atoms with E-state index in [4.69, 9.17) is 0 Å². The van der Waals surface area contributed by atoms with Gasteiger partial charge in [-0.2, -0.15) is 0 Å². The highest BCUT2D eigenvalue weighted by atomic mass is 14.7. The van der Waals surface area contributed by atoms with Crippen LogP contribution >= 0.6 is 0 Å². The number of hydrogen-bond donors (Lipinski definition) is 0. The zero-order chi connectivity index (χ0) is 50.0. The Balaban J connectivity index is 0.000000452. The van der Waals surface area contributed by atoms with E-state index in [1.54, 1.807) is 161 Å². The molecule has 0 N–H and O–H groups in total. The van der Waals surface area contributed by atoms with Crippen molar-refractivity contribution >= 4 is 0 Å². The second-order valence-corrected chi connectivity index (χ2v) is 35.3. The van der Waals surface area contributed by atoms with Crippen molar-refractivity contribution in [1.82, 2.24) is 0 Å². The molecule has 26 fully saturated rings. The van der Waals surface area contributed by atoms with Crippen molar-refractivity contribution in [2.24, 2.45) is 181 Å². The zero-order valence-electron chi connectivity index (χ0n) is 50.0. The molecule has 0 aromatic rings. The maximum absolute atomic E-state index is 2.40. The van der Waals surface area contributed by atoms with Gasteiger partial charge in [-0.15, -0.1) is 0 Å². The lowest BCUT2D eigenvalue weighted by molar-refractivity contribution is -0.0882. The summed E-state index contributed by atoms with van der Waals surface area (Å²) in [6.07, 6.45) is 45.0. The van der Waals surface area contributed by atoms with Crippen LogP contribution in [0.2, 0.25) is 0 Å². The van der Waals surface area contributed by atoms with Crippen LogP contribution in [0.15, 0.2) is 0 Å². The molecule has 0 aromatic heterocycles. The Hall–Kier alpha value is 0. The largest absolute Gasteiger partial charge is 0.0776 e. The Kier molecular flexibility index (Phi) is 29.0. The number of hydrogen-bond acceptors (Lipinski definition) is 0. The van der Waals surface area contributed by atoms with Gasteiger partial charge in [-0.3, -0.25) is 0 Å². The van der Waals surface area contributed by atoms with E-state index in [2.05, 4.69) is 83.1 Å². The number of rotatable bonds is 0. The third kappa shape index (κ3) is 17.6. The summed E-state index contributed by atoms with van der Waals surface area (Å²) in [4.78, 5) is 0. The molecule has 504 valence electrons. The molecule has 0 saturated heterocycles. The van der Waals surface area contributed by atoms with Gasteiger partial charge in [0.2, 0.25) is 0 Å². The highest BCUT2D eigenvalue weighted by Crippen LogP contribution is 2.72. The van der Waals surface area contributed by atoms with E-state index in [0.29, 0.717) is 0 Å². The summed E-state index contributed by atoms with van der Waals surface area (Å²) in [6, 6.07) is 0. The van der Waals surface area contributed by atoms with Crippen molar-refractivity contribution < 1.29 is 0 Å². The van der Waals surface area contributed by atoms with E-state index in [0.717, 1.165) is 80.3 Å². The van der Waals surface area contributed by atoms with Crippen LogP contribution in [0, 0.1) is 181 Å². The molecule has 84 heavy (non-hydrogen) atoms. The Morgan fingerprint density at radius 2 is 0.476 bits per heavy atom. The average Bonchev–Trinajstić information content (AvgIpc) is 4.05. The van der Waals surface area contributed by atoms with Crippen LogP contribution in [0.5, 0.6) is 0 Å². The van der Waals surface area contributed by atoms with Gasteiger partial charge < -0.3 is 0 Å². The van der Waals surface area contributed by atoms with Crippen LogP contribution in [-0.2, 0) is 0 Å². The lowest BCUT2D eigenvalue weighted by Gasteiger charge is -2.60. The fourth-order valence-corrected chi connectivity index (χ4v) is 19.6. The zero-order valence-corrected chi connectivity index (χ0v) is 50.0. The molecule has 26 aliphatic carbocycles. The van der Waals surface area contributed by atoms with Gasteiger partial charge >= 0.3 is 0 Å². The summed E-state index contributed by atoms with van der Waals surface area (Å²) < 4.78 is 0. The summed E-state index contributed by atoms with van der Waals surface area (Å²) in [7, 11) is 0. The molecule has 3 unspecified atom stereocenters. The molecular formula is C84H168. The van der Waals surface area contributed by atoms with Crippen molar-refractivity contribution in [2.45, 2.75) is 358 Å². The van der Waals surface area contributed by atoms with E-state index in [9.17, 15) is 0 Å². The number of fused-ring (bicyclic) bond motifs is 8. The van der Waals surface area contributed by atoms with Crippen molar-refractivity contribution in [1.29, 1.82) is 0 Å². The highest BCUT2D eigenvalue weighted by Gasteiger charge is 2.61. The summed E-state index contributed by atoms with van der Waals surface area (Å²) >= 11 is 0. The fraction of sp³-hybridized carbons (Fsp3) is 1.00. The Labute approximate surface area is 536 Å². The molecule has 0 heteroatoms. The SMILES string of the molecule is C.C.C.C.C.C.C.C.C.C.C.C.CC12CC(C1)C2.CC1C2CC1C2.CC1C2CC[C@H]12.CC1[C@H]2CC[C@@H]12.C[C@@H]1CC12CC2.C[C@@H]1C[C@@H]2C[C@@H]21.C[C@@H]1C[C@H]2C[C@H]21.C[C@@]12CC[C@@H]1C2.C[C@H]1CC12CC2.C[C@H]1C[C@@H]2C[C@@H]21.C[C@H]1C[C@H]2C[C@H]21.C[C@]12CC[C@H]1C2. The monoisotopic (exact) mass is 1180 g/mol. The predicted molar refractivity (Wildman–Crippen MR) is 386 cm³/mol. The molecule has 4 bridgehead atoms. The Morgan fingerprint density at radius 1 is 0.250 bits per heavy atom. The molecule has 0 nitrogen and oxygen atoms in total. The second kappa shape index (κ2) is 29.7. The van der Waals surface area contributed by atoms with E-state index in [1.807, 2.05) is 0 Å². The smallest absolute Gasteiger partial charge is 0.0268 e. The van der Waals surface area contributed by atoms with Crippen molar-refractivity contribution in [3.8, 4) is 0 Å². The van der Waals surface area contributed by atoms with E-state index in [-0.39, 0.29) is 89.1 Å². The standard InChI is InChI=1S/12C6H10.12CH4/c1-6-2-5(3-6)4-6;1-4-5-2-6(4)3-5;4*1-4-2-5-3-6(4)5;2*1-6-3-2-5(6)4-6;2*1-5-4-6(5)2-3-6;2*1-4-5-2-3-6(4)5;;;;;;;;;;;;/h5H,2-4H2,1H3;5*4-6H,2-3H2,1H3;4*5H,2-4H2,1H3;2*4-6H,2-3H2,1H3;12*1H4/t;;2*4-,5+,6+;2*4-,5-,6-;2*5-,6+;2*5-;4?,5-,6?;4?,5-,6+;;;;;;;;;;;;/m..101010101............./s1. The molecule has 0 aliphatic heterocycles. The third-order valence-corrected chi connectivity index (χ3v) is 29.9. The summed E-state index contributed by atoms with van der Waals surface area (Å²) in [5.41, 5.74) is 4.56. The first-order chi connectivity index (χ1) is 34.3. The molecule has 0 heterocycles. The summed E-state index contributed by atoms with van der Waals surface area (Å²) in [5, 5.41) is 0. The molecule has 0 amide bonds. The summed E-state index contributed by atoms with van der Waals surface area (Å²) in [5.74, 6) is 30.3. The topological polar surface area (TPSA) is 0 Å². The van der Waals surface area contributed by atoms with Crippen molar-refractivity contribution in [3.63, 3.8) is 0 Å². The minimum atomic E-state index is 0. The lowest BCUT2D eigenvalue weighted by atomic mass is 9.46. The first kappa shape index (κ1) is 82.0. The molecule has 26 saturated carbocycles. The Morgan fingerprint density at radius 3 is 0.476 bits per heavy atom. The van der Waals surface area contributed by atoms with E-state index in [1.165, 1.54) is 126 Å². The van der Waals surface area contributed by atoms with E-state index >= 15 is 0 Å². The normalized spacial score (nSPS) is 51.3. The second-order valence-electron chi connectivity index (χ2n) is 35.3. The van der Waals surface area contributed by atoms with Crippen molar-refractivity contribution in [2.75, 3.05) is 0 Å².